The molecule has 0 aliphatic carbocycles. The molecule has 0 heterocycles. The third kappa shape index (κ3) is 14.9. The molecule has 14 heteroatoms. The predicted octanol–water partition coefficient (Wildman–Crippen LogP) is 3.81. The Balaban J connectivity index is 2.81. The van der Waals surface area contributed by atoms with E-state index < -0.39 is 46.5 Å². The van der Waals surface area contributed by atoms with Gasteiger partial charge in [0.15, 0.2) is 0 Å². The standard InChI is InChI=1S/C25H35Cl3N4O7/c1-4-13-38-24(37)32-20(16(2)3)22(35)31-19(21(34)30-18-10-8-17(14-33)9-11-18)7-5-6-12-29-23(36)39-15-25(26,27)28/h4,8-11,16,19-20,33H,1,5-7,12-15H2,2-3H3,(H,29,36)(H,30,34)(H,31,35)(H,32,37)/t19-,20-/m0/s1. The average molecular weight is 610 g/mol. The van der Waals surface area contributed by atoms with Gasteiger partial charge >= 0.3 is 12.2 Å². The number of aliphatic hydroxyl groups excluding tert-OH is 1. The highest BCUT2D eigenvalue weighted by Gasteiger charge is 2.29. The van der Waals surface area contributed by atoms with Crippen LogP contribution in [-0.4, -0.2) is 64.7 Å². The zero-order chi connectivity index (χ0) is 29.4. The Hall–Kier alpha value is -2.73. The van der Waals surface area contributed by atoms with Gasteiger partial charge in [0.1, 0.15) is 25.3 Å². The smallest absolute Gasteiger partial charge is 0.408 e. The van der Waals surface area contributed by atoms with Crippen molar-refractivity contribution in [1.82, 2.24) is 16.0 Å². The molecule has 11 nitrogen and oxygen atoms in total. The van der Waals surface area contributed by atoms with Crippen LogP contribution in [0.5, 0.6) is 0 Å². The monoisotopic (exact) mass is 608 g/mol. The average Bonchev–Trinajstić information content (AvgIpc) is 2.88. The maximum atomic E-state index is 13.1. The lowest BCUT2D eigenvalue weighted by atomic mass is 10.0. The zero-order valence-electron chi connectivity index (χ0n) is 21.8. The Kier molecular flexibility index (Phi) is 15.6. The number of nitrogens with one attached hydrogen (secondary N) is 4. The lowest BCUT2D eigenvalue weighted by Gasteiger charge is -2.25. The molecule has 4 amide bonds. The summed E-state index contributed by atoms with van der Waals surface area (Å²) in [5, 5.41) is 19.7. The van der Waals surface area contributed by atoms with E-state index in [1.807, 2.05) is 0 Å². The first kappa shape index (κ1) is 34.3. The van der Waals surface area contributed by atoms with Crippen LogP contribution in [-0.2, 0) is 25.7 Å². The highest BCUT2D eigenvalue weighted by atomic mass is 35.6. The van der Waals surface area contributed by atoms with E-state index in [0.717, 1.165) is 0 Å². The third-order valence-corrected chi connectivity index (χ3v) is 5.47. The first-order valence-electron chi connectivity index (χ1n) is 12.2. The first-order valence-corrected chi connectivity index (χ1v) is 13.3. The summed E-state index contributed by atoms with van der Waals surface area (Å²) >= 11 is 16.6. The van der Waals surface area contributed by atoms with E-state index in [0.29, 0.717) is 24.1 Å². The summed E-state index contributed by atoms with van der Waals surface area (Å²) in [7, 11) is 0. The molecule has 0 aromatic heterocycles. The number of rotatable bonds is 15. The van der Waals surface area contributed by atoms with Crippen molar-refractivity contribution in [2.24, 2.45) is 5.92 Å². The molecule has 39 heavy (non-hydrogen) atoms. The molecule has 218 valence electrons. The van der Waals surface area contributed by atoms with Crippen LogP contribution in [0, 0.1) is 5.92 Å². The van der Waals surface area contributed by atoms with Crippen molar-refractivity contribution < 1.29 is 33.8 Å². The number of halogens is 3. The van der Waals surface area contributed by atoms with Crippen LogP contribution in [0.15, 0.2) is 36.9 Å². The fourth-order valence-electron chi connectivity index (χ4n) is 3.15. The molecule has 0 aliphatic rings. The van der Waals surface area contributed by atoms with Crippen molar-refractivity contribution >= 4 is 64.5 Å². The molecule has 1 aromatic carbocycles. The van der Waals surface area contributed by atoms with Gasteiger partial charge in [0, 0.05) is 12.2 Å². The van der Waals surface area contributed by atoms with Gasteiger partial charge in [-0.05, 0) is 42.9 Å². The Labute approximate surface area is 242 Å². The molecule has 1 rings (SSSR count). The minimum atomic E-state index is -1.72. The number of alkyl carbamates (subject to hydrolysis) is 2. The third-order valence-electron chi connectivity index (χ3n) is 5.15. The van der Waals surface area contributed by atoms with E-state index in [1.165, 1.54) is 6.08 Å². The summed E-state index contributed by atoms with van der Waals surface area (Å²) in [5.74, 6) is -1.35. The summed E-state index contributed by atoms with van der Waals surface area (Å²) in [5.41, 5.74) is 1.15. The molecule has 0 unspecified atom stereocenters. The van der Waals surface area contributed by atoms with Crippen LogP contribution < -0.4 is 21.3 Å². The normalized spacial score (nSPS) is 12.6. The highest BCUT2D eigenvalue weighted by Crippen LogP contribution is 2.25. The van der Waals surface area contributed by atoms with Crippen molar-refractivity contribution in [3.8, 4) is 0 Å². The second-order valence-electron chi connectivity index (χ2n) is 8.77. The Bertz CT molecular complexity index is 956. The van der Waals surface area contributed by atoms with Gasteiger partial charge in [0.05, 0.1) is 6.61 Å². The summed E-state index contributed by atoms with van der Waals surface area (Å²) in [6, 6.07) is 4.65. The molecule has 0 bridgehead atoms. The first-order chi connectivity index (χ1) is 18.4. The quantitative estimate of drug-likeness (QED) is 0.115. The molecular formula is C25H35Cl3N4O7. The topological polar surface area (TPSA) is 155 Å². The van der Waals surface area contributed by atoms with Crippen molar-refractivity contribution in [1.29, 1.82) is 0 Å². The Morgan fingerprint density at radius 2 is 1.67 bits per heavy atom. The second kappa shape index (κ2) is 17.8. The van der Waals surface area contributed by atoms with Gasteiger partial charge in [-0.3, -0.25) is 9.59 Å². The summed E-state index contributed by atoms with van der Waals surface area (Å²) in [4.78, 5) is 49.8. The number of benzene rings is 1. The zero-order valence-corrected chi connectivity index (χ0v) is 24.1. The van der Waals surface area contributed by atoms with Gasteiger partial charge in [-0.15, -0.1) is 0 Å². The maximum absolute atomic E-state index is 13.1. The summed E-state index contributed by atoms with van der Waals surface area (Å²) in [6.07, 6.45) is 0.961. The maximum Gasteiger partial charge on any atom is 0.408 e. The number of hydrogen-bond donors (Lipinski definition) is 5. The van der Waals surface area contributed by atoms with Crippen LogP contribution in [0.1, 0.15) is 38.7 Å². The molecular weight excluding hydrogens is 575 g/mol. The van der Waals surface area contributed by atoms with Crippen molar-refractivity contribution in [3.05, 3.63) is 42.5 Å². The number of carbonyl (C=O) groups excluding carboxylic acids is 4. The summed E-state index contributed by atoms with van der Waals surface area (Å²) in [6.45, 7) is 6.59. The lowest BCUT2D eigenvalue weighted by molar-refractivity contribution is -0.128. The second-order valence-corrected chi connectivity index (χ2v) is 11.3. The van der Waals surface area contributed by atoms with Crippen molar-refractivity contribution in [2.45, 2.75) is 55.6 Å². The van der Waals surface area contributed by atoms with E-state index in [2.05, 4.69) is 27.8 Å². The van der Waals surface area contributed by atoms with Crippen molar-refractivity contribution in [3.63, 3.8) is 0 Å². The fraction of sp³-hybridized carbons (Fsp3) is 0.520. The molecule has 0 saturated carbocycles. The highest BCUT2D eigenvalue weighted by molar-refractivity contribution is 6.67. The molecule has 0 spiro atoms. The van der Waals surface area contributed by atoms with Crippen LogP contribution in [0.2, 0.25) is 0 Å². The predicted molar refractivity (Wildman–Crippen MR) is 150 cm³/mol. The number of anilines is 1. The van der Waals surface area contributed by atoms with Gasteiger partial charge in [-0.1, -0.05) is 73.4 Å². The Morgan fingerprint density at radius 3 is 2.23 bits per heavy atom. The SMILES string of the molecule is C=CCOC(=O)N[C@H](C(=O)N[C@@H](CCCCNC(=O)OCC(Cl)(Cl)Cl)C(=O)Nc1ccc(CO)cc1)C(C)C. The Morgan fingerprint density at radius 1 is 1.00 bits per heavy atom. The molecule has 0 aliphatic heterocycles. The minimum Gasteiger partial charge on any atom is -0.445 e. The number of hydrogen-bond acceptors (Lipinski definition) is 7. The fourth-order valence-corrected chi connectivity index (χ4v) is 3.32. The van der Waals surface area contributed by atoms with E-state index in [1.54, 1.807) is 38.1 Å². The summed E-state index contributed by atoms with van der Waals surface area (Å²) < 4.78 is 7.96. The van der Waals surface area contributed by atoms with Gasteiger partial charge in [0.25, 0.3) is 0 Å². The molecule has 5 N–H and O–H groups in total. The number of aliphatic hydroxyl groups is 1. The molecule has 1 aromatic rings. The van der Waals surface area contributed by atoms with E-state index >= 15 is 0 Å². The van der Waals surface area contributed by atoms with E-state index in [9.17, 15) is 24.3 Å². The number of unbranched alkanes of at least 4 members (excludes halogenated alkanes) is 1. The van der Waals surface area contributed by atoms with Gasteiger partial charge in [0.2, 0.25) is 15.6 Å². The van der Waals surface area contributed by atoms with Gasteiger partial charge in [-0.25, -0.2) is 9.59 Å². The van der Waals surface area contributed by atoms with Crippen LogP contribution in [0.25, 0.3) is 0 Å². The van der Waals surface area contributed by atoms with Gasteiger partial charge < -0.3 is 35.8 Å². The lowest BCUT2D eigenvalue weighted by Crippen LogP contribution is -2.54. The van der Waals surface area contributed by atoms with Crippen LogP contribution in [0.4, 0.5) is 15.3 Å². The van der Waals surface area contributed by atoms with Crippen LogP contribution >= 0.6 is 34.8 Å². The minimum absolute atomic E-state index is 0.0234. The number of alkyl halides is 3. The van der Waals surface area contributed by atoms with E-state index in [-0.39, 0.29) is 32.1 Å². The largest absolute Gasteiger partial charge is 0.445 e. The molecule has 0 fully saturated rings. The molecule has 0 saturated heterocycles. The number of carbonyl (C=O) groups is 4. The van der Waals surface area contributed by atoms with Crippen LogP contribution in [0.3, 0.4) is 0 Å². The number of amides is 4. The van der Waals surface area contributed by atoms with Crippen molar-refractivity contribution in [2.75, 3.05) is 25.1 Å². The van der Waals surface area contributed by atoms with E-state index in [4.69, 9.17) is 44.3 Å². The number of ether oxygens (including phenoxy) is 2. The van der Waals surface area contributed by atoms with Gasteiger partial charge in [-0.2, -0.15) is 0 Å². The molecule has 0 radical (unpaired) electrons. The molecule has 2 atom stereocenters.